The third-order valence-corrected chi connectivity index (χ3v) is 6.10. The molecule has 1 aromatic carbocycles. The Morgan fingerprint density at radius 2 is 1.97 bits per heavy atom. The van der Waals surface area contributed by atoms with Gasteiger partial charge in [0.2, 0.25) is 5.91 Å². The molecule has 1 saturated carbocycles. The normalized spacial score (nSPS) is 18.4. The zero-order valence-electron chi connectivity index (χ0n) is 18.6. The van der Waals surface area contributed by atoms with Crippen molar-refractivity contribution in [2.75, 3.05) is 20.3 Å². The molecule has 174 valence electrons. The molecule has 4 rings (SSSR count). The molecule has 2 heterocycles. The van der Waals surface area contributed by atoms with E-state index in [-0.39, 0.29) is 24.1 Å². The number of fused-ring (bicyclic) bond motifs is 1. The van der Waals surface area contributed by atoms with Crippen LogP contribution in [0.15, 0.2) is 36.0 Å². The highest BCUT2D eigenvalue weighted by molar-refractivity contribution is 6.31. The Hall–Kier alpha value is -3.46. The van der Waals surface area contributed by atoms with Gasteiger partial charge in [0.25, 0.3) is 11.8 Å². The molecule has 2 N–H and O–H groups in total. The third-order valence-electron chi connectivity index (χ3n) is 6.10. The van der Waals surface area contributed by atoms with Crippen molar-refractivity contribution in [2.45, 2.75) is 44.7 Å². The van der Waals surface area contributed by atoms with Gasteiger partial charge in [0.05, 0.1) is 0 Å². The molecule has 0 radical (unpaired) electrons. The maximum absolute atomic E-state index is 13.1. The van der Waals surface area contributed by atoms with Gasteiger partial charge in [0.1, 0.15) is 12.1 Å². The van der Waals surface area contributed by atoms with Crippen LogP contribution in [0.3, 0.4) is 0 Å². The summed E-state index contributed by atoms with van der Waals surface area (Å²) in [6, 6.07) is 6.65. The number of rotatable bonds is 8. The molecule has 5 amide bonds. The number of methoxy groups -OCH3 is 1. The van der Waals surface area contributed by atoms with E-state index >= 15 is 0 Å². The van der Waals surface area contributed by atoms with Gasteiger partial charge < -0.3 is 14.6 Å². The van der Waals surface area contributed by atoms with Gasteiger partial charge in [-0.3, -0.25) is 24.6 Å². The fourth-order valence-electron chi connectivity index (χ4n) is 4.50. The number of amides is 5. The summed E-state index contributed by atoms with van der Waals surface area (Å²) in [4.78, 5) is 51.6. The first-order chi connectivity index (χ1) is 16.0. The van der Waals surface area contributed by atoms with Gasteiger partial charge in [0.15, 0.2) is 0 Å². The van der Waals surface area contributed by atoms with Gasteiger partial charge in [-0.1, -0.05) is 31.0 Å². The van der Waals surface area contributed by atoms with Crippen LogP contribution in [-0.4, -0.2) is 59.5 Å². The molecule has 9 heteroatoms. The first kappa shape index (κ1) is 22.7. The third kappa shape index (κ3) is 4.83. The number of para-hydroxylation sites is 1. The smallest absolute Gasteiger partial charge is 0.331 e. The molecule has 1 saturated heterocycles. The lowest BCUT2D eigenvalue weighted by molar-refractivity contribution is -0.131. The summed E-state index contributed by atoms with van der Waals surface area (Å²) in [6.45, 7) is 1.19. The van der Waals surface area contributed by atoms with E-state index < -0.39 is 17.8 Å². The number of ether oxygens (including phenoxy) is 1. The molecule has 33 heavy (non-hydrogen) atoms. The summed E-state index contributed by atoms with van der Waals surface area (Å²) < 4.78 is 6.78. The molecular weight excluding hydrogens is 424 g/mol. The second kappa shape index (κ2) is 9.99. The lowest BCUT2D eigenvalue weighted by Crippen LogP contribution is -2.57. The highest BCUT2D eigenvalue weighted by Crippen LogP contribution is 2.29. The lowest BCUT2D eigenvalue weighted by Gasteiger charge is -2.31. The Balaban J connectivity index is 1.61. The SMILES string of the molecule is COCCCNC(=O)Cn1cc(/C=C2/C(=O)NC(=O)N(C3CCCC3)C2=O)c2ccccc21. The summed E-state index contributed by atoms with van der Waals surface area (Å²) in [6.07, 6.45) is 7.40. The van der Waals surface area contributed by atoms with Gasteiger partial charge in [-0.2, -0.15) is 0 Å². The van der Waals surface area contributed by atoms with Crippen LogP contribution in [0.25, 0.3) is 17.0 Å². The number of hydrogen-bond acceptors (Lipinski definition) is 5. The van der Waals surface area contributed by atoms with Crippen molar-refractivity contribution >= 4 is 40.7 Å². The molecule has 1 aliphatic carbocycles. The molecule has 2 fully saturated rings. The number of imide groups is 2. The number of benzene rings is 1. The second-order valence-electron chi connectivity index (χ2n) is 8.36. The van der Waals surface area contributed by atoms with E-state index in [1.54, 1.807) is 17.9 Å². The van der Waals surface area contributed by atoms with E-state index in [4.69, 9.17) is 4.74 Å². The maximum atomic E-state index is 13.1. The largest absolute Gasteiger partial charge is 0.385 e. The molecule has 2 aliphatic rings. The fourth-order valence-corrected chi connectivity index (χ4v) is 4.50. The monoisotopic (exact) mass is 452 g/mol. The van der Waals surface area contributed by atoms with Gasteiger partial charge in [0, 0.05) is 49.0 Å². The molecule has 1 aliphatic heterocycles. The number of urea groups is 1. The highest BCUT2D eigenvalue weighted by atomic mass is 16.5. The van der Waals surface area contributed by atoms with Crippen LogP contribution < -0.4 is 10.6 Å². The summed E-state index contributed by atoms with van der Waals surface area (Å²) in [7, 11) is 1.62. The van der Waals surface area contributed by atoms with Gasteiger partial charge >= 0.3 is 6.03 Å². The van der Waals surface area contributed by atoms with Crippen molar-refractivity contribution < 1.29 is 23.9 Å². The first-order valence-electron chi connectivity index (χ1n) is 11.2. The average molecular weight is 453 g/mol. The topological polar surface area (TPSA) is 110 Å². The molecule has 0 spiro atoms. The van der Waals surface area contributed by atoms with Crippen molar-refractivity contribution in [3.8, 4) is 0 Å². The minimum atomic E-state index is -0.702. The van der Waals surface area contributed by atoms with Crippen LogP contribution in [-0.2, 0) is 25.7 Å². The quantitative estimate of drug-likeness (QED) is 0.363. The van der Waals surface area contributed by atoms with Crippen molar-refractivity contribution in [2.24, 2.45) is 0 Å². The first-order valence-corrected chi connectivity index (χ1v) is 11.2. The Morgan fingerprint density at radius 1 is 1.21 bits per heavy atom. The number of barbiturate groups is 1. The van der Waals surface area contributed by atoms with E-state index in [0.717, 1.165) is 43.0 Å². The van der Waals surface area contributed by atoms with Crippen LogP contribution in [0.2, 0.25) is 0 Å². The predicted molar refractivity (Wildman–Crippen MR) is 122 cm³/mol. The Morgan fingerprint density at radius 3 is 2.73 bits per heavy atom. The zero-order chi connectivity index (χ0) is 23.4. The second-order valence-corrected chi connectivity index (χ2v) is 8.36. The summed E-state index contributed by atoms with van der Waals surface area (Å²) >= 11 is 0. The Kier molecular flexibility index (Phi) is 6.88. The number of nitrogens with zero attached hydrogens (tertiary/aromatic N) is 2. The Labute approximate surface area is 191 Å². The average Bonchev–Trinajstić information content (AvgIpc) is 3.43. The number of aromatic nitrogens is 1. The van der Waals surface area contributed by atoms with E-state index in [9.17, 15) is 19.2 Å². The zero-order valence-corrected chi connectivity index (χ0v) is 18.6. The highest BCUT2D eigenvalue weighted by Gasteiger charge is 2.40. The minimum absolute atomic E-state index is 0.0755. The van der Waals surface area contributed by atoms with Crippen molar-refractivity contribution in [1.82, 2.24) is 20.1 Å². The van der Waals surface area contributed by atoms with Gasteiger partial charge in [-0.05, 0) is 31.4 Å². The van der Waals surface area contributed by atoms with Crippen LogP contribution in [0.5, 0.6) is 0 Å². The summed E-state index contributed by atoms with van der Waals surface area (Å²) in [5.74, 6) is -1.41. The molecule has 1 aromatic heterocycles. The van der Waals surface area contributed by atoms with Crippen LogP contribution in [0.4, 0.5) is 4.79 Å². The van der Waals surface area contributed by atoms with Gasteiger partial charge in [-0.25, -0.2) is 4.79 Å². The van der Waals surface area contributed by atoms with Crippen LogP contribution >= 0.6 is 0 Å². The van der Waals surface area contributed by atoms with Crippen molar-refractivity contribution in [3.05, 3.63) is 41.6 Å². The van der Waals surface area contributed by atoms with Crippen molar-refractivity contribution in [3.63, 3.8) is 0 Å². The van der Waals surface area contributed by atoms with Crippen molar-refractivity contribution in [1.29, 1.82) is 0 Å². The molecule has 0 atom stereocenters. The maximum Gasteiger partial charge on any atom is 0.331 e. The predicted octanol–water partition coefficient (Wildman–Crippen LogP) is 2.20. The molecule has 0 unspecified atom stereocenters. The fraction of sp³-hybridized carbons (Fsp3) is 0.417. The van der Waals surface area contributed by atoms with E-state index in [1.807, 2.05) is 24.3 Å². The van der Waals surface area contributed by atoms with Crippen LogP contribution in [0.1, 0.15) is 37.7 Å². The molecular formula is C24H28N4O5. The summed E-state index contributed by atoms with van der Waals surface area (Å²) in [5.41, 5.74) is 1.37. The van der Waals surface area contributed by atoms with E-state index in [1.165, 1.54) is 11.0 Å². The molecule has 9 nitrogen and oxygen atoms in total. The number of carbonyl (C=O) groups is 4. The van der Waals surface area contributed by atoms with Crippen LogP contribution in [0, 0.1) is 0 Å². The van der Waals surface area contributed by atoms with E-state index in [0.29, 0.717) is 18.7 Å². The van der Waals surface area contributed by atoms with Gasteiger partial charge in [-0.15, -0.1) is 0 Å². The van der Waals surface area contributed by atoms with E-state index in [2.05, 4.69) is 10.6 Å². The molecule has 2 aromatic rings. The Bertz CT molecular complexity index is 1110. The summed E-state index contributed by atoms with van der Waals surface area (Å²) in [5, 5.41) is 5.97. The number of carbonyl (C=O) groups excluding carboxylic acids is 4. The lowest BCUT2D eigenvalue weighted by atomic mass is 10.0. The number of hydrogen-bond donors (Lipinski definition) is 2. The number of nitrogens with one attached hydrogen (secondary N) is 2. The minimum Gasteiger partial charge on any atom is -0.385 e. The standard InChI is InChI=1S/C24H28N4O5/c1-33-12-6-11-25-21(29)15-27-14-16(18-9-4-5-10-20(18)27)13-19-22(30)26-24(32)28(23(19)31)17-7-2-3-8-17/h4-5,9-10,13-14,17H,2-3,6-8,11-12,15H2,1H3,(H,25,29)(H,26,30,32)/b19-13-. The molecule has 0 bridgehead atoms.